The van der Waals surface area contributed by atoms with Crippen LogP contribution in [-0.4, -0.2) is 16.8 Å². The second kappa shape index (κ2) is 7.49. The molecule has 1 aromatic heterocycles. The average molecular weight is 366 g/mol. The molecule has 2 heterocycles. The van der Waals surface area contributed by atoms with Gasteiger partial charge in [0.25, 0.3) is 0 Å². The normalized spacial score (nSPS) is 12.1. The van der Waals surface area contributed by atoms with Crippen LogP contribution in [0.2, 0.25) is 0 Å². The first kappa shape index (κ1) is 17.1. The molecule has 0 aliphatic carbocycles. The van der Waals surface area contributed by atoms with Crippen molar-refractivity contribution >= 4 is 11.8 Å². The highest BCUT2D eigenvalue weighted by molar-refractivity contribution is 5.47. The quantitative estimate of drug-likeness (QED) is 0.690. The van der Waals surface area contributed by atoms with Crippen molar-refractivity contribution in [1.29, 1.82) is 0 Å². The lowest BCUT2D eigenvalue weighted by molar-refractivity contribution is 0.174. The molecule has 3 aromatic rings. The Labute approximate surface area is 156 Å². The Bertz CT molecular complexity index is 947. The molecule has 0 bridgehead atoms. The number of ether oxygens (including phenoxy) is 2. The molecule has 2 N–H and O–H groups in total. The van der Waals surface area contributed by atoms with Gasteiger partial charge in [-0.05, 0) is 42.3 Å². The highest BCUT2D eigenvalue weighted by Crippen LogP contribution is 2.32. The van der Waals surface area contributed by atoms with Gasteiger partial charge in [-0.25, -0.2) is 9.37 Å². The van der Waals surface area contributed by atoms with Crippen molar-refractivity contribution in [2.45, 2.75) is 20.0 Å². The molecule has 138 valence electrons. The van der Waals surface area contributed by atoms with Gasteiger partial charge in [0.05, 0.1) is 0 Å². The summed E-state index contributed by atoms with van der Waals surface area (Å²) in [7, 11) is 0. The molecular weight excluding hydrogens is 347 g/mol. The average Bonchev–Trinajstić information content (AvgIpc) is 3.13. The fraction of sp³-hybridized carbons (Fsp3) is 0.200. The van der Waals surface area contributed by atoms with Crippen LogP contribution in [0.4, 0.5) is 16.2 Å². The van der Waals surface area contributed by atoms with Crippen molar-refractivity contribution in [3.63, 3.8) is 0 Å². The first-order valence-corrected chi connectivity index (χ1v) is 8.62. The molecule has 0 saturated heterocycles. The summed E-state index contributed by atoms with van der Waals surface area (Å²) in [6.45, 7) is 3.30. The molecule has 0 radical (unpaired) electrons. The van der Waals surface area contributed by atoms with Gasteiger partial charge in [-0.1, -0.05) is 18.2 Å². The lowest BCUT2D eigenvalue weighted by Gasteiger charge is -2.10. The summed E-state index contributed by atoms with van der Waals surface area (Å²) >= 11 is 0. The van der Waals surface area contributed by atoms with Crippen molar-refractivity contribution in [3.8, 4) is 11.5 Å². The maximum absolute atomic E-state index is 13.0. The van der Waals surface area contributed by atoms with E-state index in [2.05, 4.69) is 20.6 Å². The van der Waals surface area contributed by atoms with Crippen LogP contribution in [-0.2, 0) is 13.1 Å². The first-order chi connectivity index (χ1) is 13.2. The summed E-state index contributed by atoms with van der Waals surface area (Å²) in [6, 6.07) is 14.1. The summed E-state index contributed by atoms with van der Waals surface area (Å²) in [6.07, 6.45) is 0. The first-order valence-electron chi connectivity index (χ1n) is 8.62. The number of fused-ring (bicyclic) bond motifs is 1. The monoisotopic (exact) mass is 366 g/mol. The van der Waals surface area contributed by atoms with E-state index in [0.29, 0.717) is 19.0 Å². The minimum Gasteiger partial charge on any atom is -0.454 e. The lowest BCUT2D eigenvalue weighted by Crippen LogP contribution is -2.08. The number of aryl methyl sites for hydroxylation is 1. The number of anilines is 2. The standard InChI is InChI=1S/C20H19FN4O2/c1-13-8-19(22-11-15-4-7-17-18(9-15)27-12-26-17)25-20(24-13)23-10-14-2-5-16(21)6-3-14/h2-9H,10-12H2,1H3,(H2,22,23,24,25). The fourth-order valence-electron chi connectivity index (χ4n) is 2.77. The van der Waals surface area contributed by atoms with E-state index >= 15 is 0 Å². The van der Waals surface area contributed by atoms with Crippen molar-refractivity contribution in [1.82, 2.24) is 9.97 Å². The van der Waals surface area contributed by atoms with E-state index in [1.165, 1.54) is 12.1 Å². The Morgan fingerprint density at radius 2 is 1.63 bits per heavy atom. The molecule has 0 atom stereocenters. The van der Waals surface area contributed by atoms with Gasteiger partial charge in [0, 0.05) is 24.8 Å². The Balaban J connectivity index is 1.40. The zero-order valence-electron chi connectivity index (χ0n) is 14.8. The zero-order valence-corrected chi connectivity index (χ0v) is 14.8. The Hall–Kier alpha value is -3.35. The van der Waals surface area contributed by atoms with Gasteiger partial charge in [-0.3, -0.25) is 0 Å². The number of hydrogen-bond acceptors (Lipinski definition) is 6. The molecule has 7 heteroatoms. The maximum atomic E-state index is 13.0. The molecule has 0 amide bonds. The van der Waals surface area contributed by atoms with Gasteiger partial charge < -0.3 is 20.1 Å². The molecule has 27 heavy (non-hydrogen) atoms. The van der Waals surface area contributed by atoms with Crippen LogP contribution in [0, 0.1) is 12.7 Å². The topological polar surface area (TPSA) is 68.3 Å². The van der Waals surface area contributed by atoms with Crippen molar-refractivity contribution < 1.29 is 13.9 Å². The number of nitrogens with one attached hydrogen (secondary N) is 2. The van der Waals surface area contributed by atoms with Crippen molar-refractivity contribution in [2.75, 3.05) is 17.4 Å². The molecule has 1 aliphatic rings. The number of nitrogens with zero attached hydrogens (tertiary/aromatic N) is 2. The highest BCUT2D eigenvalue weighted by Gasteiger charge is 2.13. The van der Waals surface area contributed by atoms with Crippen molar-refractivity contribution in [2.24, 2.45) is 0 Å². The predicted octanol–water partition coefficient (Wildman–Crippen LogP) is 3.88. The third kappa shape index (κ3) is 4.25. The van der Waals surface area contributed by atoms with E-state index in [-0.39, 0.29) is 12.6 Å². The molecule has 1 aliphatic heterocycles. The van der Waals surface area contributed by atoms with Crippen LogP contribution < -0.4 is 20.1 Å². The van der Waals surface area contributed by atoms with E-state index in [0.717, 1.165) is 34.1 Å². The zero-order chi connectivity index (χ0) is 18.6. The summed E-state index contributed by atoms with van der Waals surface area (Å²) in [4.78, 5) is 8.89. The summed E-state index contributed by atoms with van der Waals surface area (Å²) in [5, 5.41) is 6.47. The van der Waals surface area contributed by atoms with E-state index < -0.39 is 0 Å². The van der Waals surface area contributed by atoms with Gasteiger partial charge in [0.15, 0.2) is 11.5 Å². The van der Waals surface area contributed by atoms with Gasteiger partial charge in [-0.15, -0.1) is 0 Å². The van der Waals surface area contributed by atoms with Gasteiger partial charge in [0.2, 0.25) is 12.7 Å². The second-order valence-electron chi connectivity index (χ2n) is 6.24. The number of hydrogen-bond donors (Lipinski definition) is 2. The molecule has 4 rings (SSSR count). The Morgan fingerprint density at radius 1 is 0.889 bits per heavy atom. The molecule has 0 saturated carbocycles. The van der Waals surface area contributed by atoms with Crippen LogP contribution in [0.1, 0.15) is 16.8 Å². The van der Waals surface area contributed by atoms with E-state index in [4.69, 9.17) is 9.47 Å². The summed E-state index contributed by atoms with van der Waals surface area (Å²) in [5.74, 6) is 2.52. The van der Waals surface area contributed by atoms with Crippen LogP contribution in [0.25, 0.3) is 0 Å². The van der Waals surface area contributed by atoms with E-state index in [1.807, 2.05) is 31.2 Å². The third-order valence-electron chi connectivity index (χ3n) is 4.13. The van der Waals surface area contributed by atoms with Gasteiger partial charge >= 0.3 is 0 Å². The minimum atomic E-state index is -0.249. The second-order valence-corrected chi connectivity index (χ2v) is 6.24. The summed E-state index contributed by atoms with van der Waals surface area (Å²) in [5.41, 5.74) is 2.87. The highest BCUT2D eigenvalue weighted by atomic mass is 19.1. The smallest absolute Gasteiger partial charge is 0.231 e. The Kier molecular flexibility index (Phi) is 4.74. The van der Waals surface area contributed by atoms with Gasteiger partial charge in [-0.2, -0.15) is 4.98 Å². The molecule has 0 fully saturated rings. The third-order valence-corrected chi connectivity index (χ3v) is 4.13. The van der Waals surface area contributed by atoms with Crippen LogP contribution >= 0.6 is 0 Å². The van der Waals surface area contributed by atoms with E-state index in [9.17, 15) is 4.39 Å². The minimum absolute atomic E-state index is 0.249. The molecule has 2 aromatic carbocycles. The SMILES string of the molecule is Cc1cc(NCc2ccc3c(c2)OCO3)nc(NCc2ccc(F)cc2)n1. The van der Waals surface area contributed by atoms with Crippen LogP contribution in [0.15, 0.2) is 48.5 Å². The van der Waals surface area contributed by atoms with Gasteiger partial charge in [0.1, 0.15) is 11.6 Å². The molecule has 0 spiro atoms. The predicted molar refractivity (Wildman–Crippen MR) is 100 cm³/mol. The number of rotatable bonds is 6. The number of benzene rings is 2. The lowest BCUT2D eigenvalue weighted by atomic mass is 10.2. The van der Waals surface area contributed by atoms with Crippen molar-refractivity contribution in [3.05, 3.63) is 71.2 Å². The number of aromatic nitrogens is 2. The molecular formula is C20H19FN4O2. The van der Waals surface area contributed by atoms with Crippen LogP contribution in [0.5, 0.6) is 11.5 Å². The molecule has 0 unspecified atom stereocenters. The maximum Gasteiger partial charge on any atom is 0.231 e. The van der Waals surface area contributed by atoms with Crippen LogP contribution in [0.3, 0.4) is 0 Å². The number of halogens is 1. The summed E-state index contributed by atoms with van der Waals surface area (Å²) < 4.78 is 23.7. The van der Waals surface area contributed by atoms with E-state index in [1.54, 1.807) is 12.1 Å². The molecule has 6 nitrogen and oxygen atoms in total. The Morgan fingerprint density at radius 3 is 2.48 bits per heavy atom. The largest absolute Gasteiger partial charge is 0.454 e. The fourth-order valence-corrected chi connectivity index (χ4v) is 2.77.